The van der Waals surface area contributed by atoms with E-state index in [1.165, 1.54) is 0 Å². The molecule has 0 aromatic heterocycles. The summed E-state index contributed by atoms with van der Waals surface area (Å²) in [6.07, 6.45) is 0.263. The van der Waals surface area contributed by atoms with Gasteiger partial charge in [-0.25, -0.2) is 0 Å². The second-order valence-corrected chi connectivity index (χ2v) is 4.22. The molecule has 0 saturated heterocycles. The molecule has 1 aliphatic carbocycles. The molecule has 0 atom stereocenters. The van der Waals surface area contributed by atoms with Gasteiger partial charge in [-0.1, -0.05) is 30.3 Å². The van der Waals surface area contributed by atoms with Crippen LogP contribution in [-0.2, 0) is 14.4 Å². The molecular formula is C13H12O4. The summed E-state index contributed by atoms with van der Waals surface area (Å²) in [4.78, 5) is 34.0. The van der Waals surface area contributed by atoms with Crippen LogP contribution in [0.15, 0.2) is 30.3 Å². The van der Waals surface area contributed by atoms with E-state index in [0.717, 1.165) is 5.56 Å². The van der Waals surface area contributed by atoms with E-state index in [1.807, 2.05) is 30.3 Å². The third kappa shape index (κ3) is 2.25. The number of Topliss-reactive ketones (excluding diaryl/α,β-unsaturated/α-hetero) is 2. The number of ketones is 2. The Morgan fingerprint density at radius 3 is 2.06 bits per heavy atom. The molecule has 0 bridgehead atoms. The fourth-order valence-electron chi connectivity index (χ4n) is 2.21. The van der Waals surface area contributed by atoms with Crippen molar-refractivity contribution in [2.24, 2.45) is 5.92 Å². The second-order valence-electron chi connectivity index (χ2n) is 4.22. The number of aliphatic carboxylic acids is 1. The van der Waals surface area contributed by atoms with Crippen LogP contribution in [0.4, 0.5) is 0 Å². The van der Waals surface area contributed by atoms with E-state index in [2.05, 4.69) is 0 Å². The van der Waals surface area contributed by atoms with E-state index >= 15 is 0 Å². The zero-order chi connectivity index (χ0) is 12.4. The number of carbonyl (C=O) groups is 3. The van der Waals surface area contributed by atoms with Gasteiger partial charge in [-0.2, -0.15) is 0 Å². The van der Waals surface area contributed by atoms with Gasteiger partial charge in [0.15, 0.2) is 17.5 Å². The molecule has 0 spiro atoms. The van der Waals surface area contributed by atoms with E-state index in [0.29, 0.717) is 0 Å². The Bertz CT molecular complexity index is 446. The molecule has 0 amide bonds. The Labute approximate surface area is 98.3 Å². The van der Waals surface area contributed by atoms with Crippen molar-refractivity contribution in [3.05, 3.63) is 35.9 Å². The second kappa shape index (κ2) is 4.49. The normalized spacial score (nSPS) is 24.7. The van der Waals surface area contributed by atoms with Gasteiger partial charge in [0.25, 0.3) is 0 Å². The number of rotatable bonds is 2. The summed E-state index contributed by atoms with van der Waals surface area (Å²) in [5, 5.41) is 8.79. The van der Waals surface area contributed by atoms with Gasteiger partial charge in [-0.15, -0.1) is 0 Å². The van der Waals surface area contributed by atoms with Crippen molar-refractivity contribution in [2.45, 2.75) is 18.8 Å². The Balaban J connectivity index is 2.20. The summed E-state index contributed by atoms with van der Waals surface area (Å²) in [6.45, 7) is 0. The van der Waals surface area contributed by atoms with Crippen LogP contribution in [0, 0.1) is 5.92 Å². The highest BCUT2D eigenvalue weighted by molar-refractivity contribution is 6.18. The maximum absolute atomic E-state index is 11.6. The summed E-state index contributed by atoms with van der Waals surface area (Å²) in [5.74, 6) is -3.92. The molecule has 1 N–H and O–H groups in total. The molecular weight excluding hydrogens is 220 g/mol. The summed E-state index contributed by atoms with van der Waals surface area (Å²) in [5.41, 5.74) is 0.915. The Morgan fingerprint density at radius 2 is 1.59 bits per heavy atom. The molecule has 17 heavy (non-hydrogen) atoms. The predicted molar refractivity (Wildman–Crippen MR) is 59.6 cm³/mol. The minimum absolute atomic E-state index is 0.132. The summed E-state index contributed by atoms with van der Waals surface area (Å²) < 4.78 is 0. The minimum atomic E-state index is -1.45. The van der Waals surface area contributed by atoms with Crippen molar-refractivity contribution in [1.29, 1.82) is 0 Å². The summed E-state index contributed by atoms with van der Waals surface area (Å²) in [7, 11) is 0. The molecule has 0 heterocycles. The lowest BCUT2D eigenvalue weighted by Crippen LogP contribution is -2.37. The third-order valence-corrected chi connectivity index (χ3v) is 3.06. The van der Waals surface area contributed by atoms with Crippen LogP contribution >= 0.6 is 0 Å². The van der Waals surface area contributed by atoms with Gasteiger partial charge in [0.2, 0.25) is 0 Å². The quantitative estimate of drug-likeness (QED) is 0.782. The number of hydrogen-bond acceptors (Lipinski definition) is 3. The van der Waals surface area contributed by atoms with Crippen LogP contribution in [0.3, 0.4) is 0 Å². The molecule has 4 heteroatoms. The lowest BCUT2D eigenvalue weighted by atomic mass is 9.77. The molecule has 2 rings (SSSR count). The van der Waals surface area contributed by atoms with Crippen LogP contribution in [-0.4, -0.2) is 22.6 Å². The SMILES string of the molecule is O=C(O)C1C(=O)CC(c2ccccc2)CC1=O. The van der Waals surface area contributed by atoms with Gasteiger partial charge in [-0.3, -0.25) is 14.4 Å². The highest BCUT2D eigenvalue weighted by Gasteiger charge is 2.40. The Morgan fingerprint density at radius 1 is 1.06 bits per heavy atom. The van der Waals surface area contributed by atoms with Crippen molar-refractivity contribution >= 4 is 17.5 Å². The Kier molecular flexibility index (Phi) is 3.04. The van der Waals surface area contributed by atoms with Gasteiger partial charge in [0.1, 0.15) is 0 Å². The maximum Gasteiger partial charge on any atom is 0.321 e. The van der Waals surface area contributed by atoms with Crippen molar-refractivity contribution < 1.29 is 19.5 Å². The lowest BCUT2D eigenvalue weighted by molar-refractivity contribution is -0.152. The molecule has 1 aliphatic rings. The fourth-order valence-corrected chi connectivity index (χ4v) is 2.21. The first-order chi connectivity index (χ1) is 8.09. The highest BCUT2D eigenvalue weighted by atomic mass is 16.4. The molecule has 4 nitrogen and oxygen atoms in total. The smallest absolute Gasteiger partial charge is 0.321 e. The number of carboxylic acid groups (broad SMARTS) is 1. The average molecular weight is 232 g/mol. The van der Waals surface area contributed by atoms with Gasteiger partial charge >= 0.3 is 5.97 Å². The zero-order valence-electron chi connectivity index (χ0n) is 9.13. The van der Waals surface area contributed by atoms with Gasteiger partial charge in [0.05, 0.1) is 0 Å². The molecule has 0 aliphatic heterocycles. The van der Waals surface area contributed by atoms with Gasteiger partial charge in [-0.05, 0) is 11.5 Å². The van der Waals surface area contributed by atoms with E-state index in [4.69, 9.17) is 5.11 Å². The minimum Gasteiger partial charge on any atom is -0.480 e. The van der Waals surface area contributed by atoms with Crippen LogP contribution in [0.2, 0.25) is 0 Å². The van der Waals surface area contributed by atoms with E-state index in [1.54, 1.807) is 0 Å². The largest absolute Gasteiger partial charge is 0.480 e. The average Bonchev–Trinajstić information content (AvgIpc) is 2.28. The summed E-state index contributed by atoms with van der Waals surface area (Å²) >= 11 is 0. The van der Waals surface area contributed by atoms with Crippen molar-refractivity contribution in [2.75, 3.05) is 0 Å². The topological polar surface area (TPSA) is 71.4 Å². The van der Waals surface area contributed by atoms with Crippen LogP contribution in [0.5, 0.6) is 0 Å². The fraction of sp³-hybridized carbons (Fsp3) is 0.308. The van der Waals surface area contributed by atoms with E-state index in [-0.39, 0.29) is 18.8 Å². The zero-order valence-corrected chi connectivity index (χ0v) is 9.13. The molecule has 1 fully saturated rings. The number of benzene rings is 1. The van der Waals surface area contributed by atoms with E-state index in [9.17, 15) is 14.4 Å². The summed E-state index contributed by atoms with van der Waals surface area (Å²) in [6, 6.07) is 9.25. The first kappa shape index (κ1) is 11.5. The molecule has 1 aromatic rings. The van der Waals surface area contributed by atoms with E-state index < -0.39 is 23.5 Å². The lowest BCUT2D eigenvalue weighted by Gasteiger charge is -2.24. The monoisotopic (exact) mass is 232 g/mol. The Hall–Kier alpha value is -1.97. The van der Waals surface area contributed by atoms with Crippen LogP contribution in [0.25, 0.3) is 0 Å². The molecule has 0 unspecified atom stereocenters. The molecule has 1 saturated carbocycles. The molecule has 88 valence electrons. The van der Waals surface area contributed by atoms with Crippen molar-refractivity contribution in [3.63, 3.8) is 0 Å². The first-order valence-corrected chi connectivity index (χ1v) is 5.42. The van der Waals surface area contributed by atoms with Crippen molar-refractivity contribution in [3.8, 4) is 0 Å². The van der Waals surface area contributed by atoms with Crippen LogP contribution < -0.4 is 0 Å². The molecule has 1 aromatic carbocycles. The van der Waals surface area contributed by atoms with Crippen LogP contribution in [0.1, 0.15) is 24.3 Å². The highest BCUT2D eigenvalue weighted by Crippen LogP contribution is 2.31. The number of carboxylic acids is 1. The third-order valence-electron chi connectivity index (χ3n) is 3.06. The molecule has 0 radical (unpaired) electrons. The number of hydrogen-bond donors (Lipinski definition) is 1. The first-order valence-electron chi connectivity index (χ1n) is 5.42. The number of carbonyl (C=O) groups excluding carboxylic acids is 2. The maximum atomic E-state index is 11.6. The van der Waals surface area contributed by atoms with Crippen molar-refractivity contribution in [1.82, 2.24) is 0 Å². The standard InChI is InChI=1S/C13H12O4/c14-10-6-9(8-4-2-1-3-5-8)7-11(15)12(10)13(16)17/h1-5,9,12H,6-7H2,(H,16,17). The predicted octanol–water partition coefficient (Wildman–Crippen LogP) is 1.40. The van der Waals surface area contributed by atoms with Gasteiger partial charge in [0, 0.05) is 12.8 Å². The van der Waals surface area contributed by atoms with Gasteiger partial charge < -0.3 is 5.11 Å².